The van der Waals surface area contributed by atoms with E-state index in [2.05, 4.69) is 20.0 Å². The van der Waals surface area contributed by atoms with E-state index in [-0.39, 0.29) is 28.4 Å². The number of carbonyl (C=O) groups is 1. The fourth-order valence-electron chi connectivity index (χ4n) is 4.78. The molecule has 36 heavy (non-hydrogen) atoms. The lowest BCUT2D eigenvalue weighted by molar-refractivity contribution is -0.0662. The average molecular weight is 528 g/mol. The number of nitrogens with zero attached hydrogens (tertiary/aromatic N) is 5. The Hall–Kier alpha value is -3.25. The molecular weight excluding hydrogens is 509 g/mol. The number of ether oxygens (including phenoxy) is 2. The molecule has 2 aliphatic rings. The van der Waals surface area contributed by atoms with Crippen molar-refractivity contribution < 1.29 is 23.2 Å². The molecular formula is C24H19ClFN5O4S. The molecule has 1 fully saturated rings. The minimum Gasteiger partial charge on any atom is -0.465 e. The lowest BCUT2D eigenvalue weighted by Crippen LogP contribution is -2.51. The number of fused-ring (bicyclic) bond motifs is 4. The van der Waals surface area contributed by atoms with Crippen molar-refractivity contribution in [3.05, 3.63) is 69.4 Å². The standard InChI is InChI=1S/C24H19ClFN5O4S/c1-33-24(32)20-17(9-31-13-7-19-15(8-28-35-19)18(31)11-34-10-13)29-22(23-27-4-5-36-23)30-21(20)14-3-2-12(26)6-16(14)25/h2-6,8,13,18H,7,9-11H2,1H3. The first kappa shape index (κ1) is 23.2. The molecule has 3 aromatic heterocycles. The van der Waals surface area contributed by atoms with Crippen molar-refractivity contribution in [2.45, 2.75) is 25.0 Å². The van der Waals surface area contributed by atoms with Crippen molar-refractivity contribution in [3.63, 3.8) is 0 Å². The molecule has 184 valence electrons. The van der Waals surface area contributed by atoms with Crippen molar-refractivity contribution in [3.8, 4) is 22.1 Å². The highest BCUT2D eigenvalue weighted by atomic mass is 35.5. The van der Waals surface area contributed by atoms with Gasteiger partial charge in [0.05, 0.1) is 49.0 Å². The highest BCUT2D eigenvalue weighted by Gasteiger charge is 2.41. The average Bonchev–Trinajstić information content (AvgIpc) is 3.56. The minimum absolute atomic E-state index is 0.00540. The summed E-state index contributed by atoms with van der Waals surface area (Å²) >= 11 is 7.79. The van der Waals surface area contributed by atoms with Crippen LogP contribution < -0.4 is 0 Å². The smallest absolute Gasteiger partial charge is 0.342 e. The van der Waals surface area contributed by atoms with E-state index in [1.807, 2.05) is 5.38 Å². The van der Waals surface area contributed by atoms with Gasteiger partial charge in [0.1, 0.15) is 17.1 Å². The summed E-state index contributed by atoms with van der Waals surface area (Å²) in [5, 5.41) is 6.49. The van der Waals surface area contributed by atoms with Gasteiger partial charge in [-0.1, -0.05) is 16.8 Å². The molecule has 1 aromatic carbocycles. The molecule has 0 amide bonds. The number of halogens is 2. The van der Waals surface area contributed by atoms with Crippen LogP contribution in [0.15, 0.2) is 40.5 Å². The number of methoxy groups -OCH3 is 1. The fraction of sp³-hybridized carbons (Fsp3) is 0.292. The second-order valence-electron chi connectivity index (χ2n) is 8.46. The largest absolute Gasteiger partial charge is 0.465 e. The summed E-state index contributed by atoms with van der Waals surface area (Å²) in [6, 6.07) is 3.84. The zero-order chi connectivity index (χ0) is 24.8. The van der Waals surface area contributed by atoms with Crippen molar-refractivity contribution in [2.75, 3.05) is 20.3 Å². The Balaban J connectivity index is 1.53. The van der Waals surface area contributed by atoms with E-state index < -0.39 is 11.8 Å². The highest BCUT2D eigenvalue weighted by Crippen LogP contribution is 2.39. The number of rotatable bonds is 5. The Morgan fingerprint density at radius 2 is 2.22 bits per heavy atom. The first-order valence-corrected chi connectivity index (χ1v) is 12.4. The van der Waals surface area contributed by atoms with Gasteiger partial charge in [-0.25, -0.2) is 24.1 Å². The van der Waals surface area contributed by atoms with Gasteiger partial charge in [0.25, 0.3) is 0 Å². The van der Waals surface area contributed by atoms with Gasteiger partial charge in [0, 0.05) is 41.7 Å². The molecule has 1 saturated heterocycles. The second-order valence-corrected chi connectivity index (χ2v) is 9.76. The molecule has 0 spiro atoms. The fourth-order valence-corrected chi connectivity index (χ4v) is 5.60. The number of thiazole rings is 1. The van der Waals surface area contributed by atoms with Gasteiger partial charge in [0.2, 0.25) is 0 Å². The summed E-state index contributed by atoms with van der Waals surface area (Å²) in [7, 11) is 1.30. The maximum absolute atomic E-state index is 13.9. The van der Waals surface area contributed by atoms with Crippen LogP contribution in [-0.4, -0.2) is 57.3 Å². The van der Waals surface area contributed by atoms with Gasteiger partial charge >= 0.3 is 5.97 Å². The molecule has 12 heteroatoms. The Morgan fingerprint density at radius 1 is 1.33 bits per heavy atom. The third-order valence-electron chi connectivity index (χ3n) is 6.43. The van der Waals surface area contributed by atoms with Crippen LogP contribution in [-0.2, 0) is 22.4 Å². The molecule has 9 nitrogen and oxygen atoms in total. The molecule has 0 aliphatic carbocycles. The number of morpholine rings is 1. The number of aromatic nitrogens is 4. The first-order valence-electron chi connectivity index (χ1n) is 11.1. The van der Waals surface area contributed by atoms with Crippen LogP contribution in [0.5, 0.6) is 0 Å². The van der Waals surface area contributed by atoms with E-state index in [0.717, 1.165) is 11.3 Å². The number of hydrogen-bond donors (Lipinski definition) is 0. The molecule has 0 saturated carbocycles. The molecule has 2 bridgehead atoms. The van der Waals surface area contributed by atoms with Gasteiger partial charge in [-0.3, -0.25) is 4.90 Å². The van der Waals surface area contributed by atoms with Crippen molar-refractivity contribution >= 4 is 28.9 Å². The Labute approximate surface area is 213 Å². The molecule has 4 aromatic rings. The van der Waals surface area contributed by atoms with Gasteiger partial charge in [-0.05, 0) is 18.2 Å². The van der Waals surface area contributed by atoms with Crippen LogP contribution in [0.2, 0.25) is 5.02 Å². The molecule has 2 unspecified atom stereocenters. The zero-order valence-electron chi connectivity index (χ0n) is 19.0. The number of benzene rings is 1. The summed E-state index contributed by atoms with van der Waals surface area (Å²) in [5.41, 5.74) is 2.23. The van der Waals surface area contributed by atoms with Crippen LogP contribution in [0.4, 0.5) is 4.39 Å². The molecule has 2 aliphatic heterocycles. The summed E-state index contributed by atoms with van der Waals surface area (Å²) in [6.45, 7) is 1.27. The molecule has 0 N–H and O–H groups in total. The predicted molar refractivity (Wildman–Crippen MR) is 128 cm³/mol. The maximum atomic E-state index is 13.9. The van der Waals surface area contributed by atoms with Crippen molar-refractivity contribution in [1.29, 1.82) is 0 Å². The topological polar surface area (TPSA) is 103 Å². The van der Waals surface area contributed by atoms with Crippen LogP contribution in [0.3, 0.4) is 0 Å². The van der Waals surface area contributed by atoms with Gasteiger partial charge < -0.3 is 14.0 Å². The van der Waals surface area contributed by atoms with Gasteiger partial charge in [-0.15, -0.1) is 11.3 Å². The first-order chi connectivity index (χ1) is 17.5. The summed E-state index contributed by atoms with van der Waals surface area (Å²) < 4.78 is 30.3. The number of carbonyl (C=O) groups excluding carboxylic acids is 1. The Morgan fingerprint density at radius 3 is 3.00 bits per heavy atom. The van der Waals surface area contributed by atoms with E-state index in [4.69, 9.17) is 30.6 Å². The zero-order valence-corrected chi connectivity index (χ0v) is 20.6. The van der Waals surface area contributed by atoms with Crippen LogP contribution in [0.25, 0.3) is 22.1 Å². The predicted octanol–water partition coefficient (Wildman–Crippen LogP) is 4.33. The SMILES string of the molecule is COC(=O)c1c(CN2C3COCC2c2cnoc2C3)nc(-c2nccs2)nc1-c1ccc(F)cc1Cl. The normalized spacial score (nSPS) is 19.2. The quantitative estimate of drug-likeness (QED) is 0.351. The molecule has 6 rings (SSSR count). The number of esters is 1. The van der Waals surface area contributed by atoms with Gasteiger partial charge in [0.15, 0.2) is 10.8 Å². The second kappa shape index (κ2) is 9.32. The maximum Gasteiger partial charge on any atom is 0.342 e. The minimum atomic E-state index is -0.616. The summed E-state index contributed by atoms with van der Waals surface area (Å²) in [5.74, 6) is 0.0773. The van der Waals surface area contributed by atoms with E-state index in [9.17, 15) is 9.18 Å². The van der Waals surface area contributed by atoms with E-state index in [1.165, 1.54) is 36.6 Å². The monoisotopic (exact) mass is 527 g/mol. The molecule has 2 atom stereocenters. The summed E-state index contributed by atoms with van der Waals surface area (Å²) in [4.78, 5) is 29.2. The summed E-state index contributed by atoms with van der Waals surface area (Å²) in [6.07, 6.45) is 3.99. The third kappa shape index (κ3) is 3.97. The third-order valence-corrected chi connectivity index (χ3v) is 7.51. The molecule has 5 heterocycles. The molecule has 0 radical (unpaired) electrons. The highest BCUT2D eigenvalue weighted by molar-refractivity contribution is 7.13. The van der Waals surface area contributed by atoms with Crippen molar-refractivity contribution in [2.24, 2.45) is 0 Å². The lowest BCUT2D eigenvalue weighted by Gasteiger charge is -2.44. The Bertz CT molecular complexity index is 1450. The van der Waals surface area contributed by atoms with Crippen LogP contribution in [0.1, 0.15) is 33.4 Å². The van der Waals surface area contributed by atoms with E-state index >= 15 is 0 Å². The van der Waals surface area contributed by atoms with E-state index in [0.29, 0.717) is 48.3 Å². The lowest BCUT2D eigenvalue weighted by atomic mass is 9.92. The van der Waals surface area contributed by atoms with Crippen LogP contribution in [0, 0.1) is 5.82 Å². The van der Waals surface area contributed by atoms with Crippen molar-refractivity contribution in [1.82, 2.24) is 25.0 Å². The van der Waals surface area contributed by atoms with Crippen LogP contribution >= 0.6 is 22.9 Å². The van der Waals surface area contributed by atoms with Gasteiger partial charge in [-0.2, -0.15) is 0 Å². The Kier molecular flexibility index (Phi) is 6.00. The van der Waals surface area contributed by atoms with E-state index in [1.54, 1.807) is 12.4 Å². The number of hydrogen-bond acceptors (Lipinski definition) is 10.